The predicted molar refractivity (Wildman–Crippen MR) is 227 cm³/mol. The molecule has 60 heavy (non-hydrogen) atoms. The van der Waals surface area contributed by atoms with Gasteiger partial charge in [-0.25, -0.2) is 19.6 Å². The zero-order valence-electron chi connectivity index (χ0n) is 34.5. The van der Waals surface area contributed by atoms with Crippen LogP contribution >= 0.6 is 0 Å². The Balaban J connectivity index is 1.11. The molecule has 4 amide bonds. The number of methoxy groups -OCH3 is 2. The van der Waals surface area contributed by atoms with Gasteiger partial charge in [-0.3, -0.25) is 9.59 Å². The van der Waals surface area contributed by atoms with Gasteiger partial charge in [0.2, 0.25) is 11.8 Å². The number of nitrogens with zero attached hydrogens (tertiary/aromatic N) is 4. The van der Waals surface area contributed by atoms with E-state index in [0.717, 1.165) is 61.9 Å². The number of hydrogen-bond acceptors (Lipinski definition) is 9. The van der Waals surface area contributed by atoms with E-state index in [4.69, 9.17) is 19.2 Å². The van der Waals surface area contributed by atoms with Crippen molar-refractivity contribution in [2.45, 2.75) is 71.8 Å². The lowest BCUT2D eigenvalue weighted by molar-refractivity contribution is -0.135. The molecule has 1 aliphatic heterocycles. The molecule has 1 aliphatic rings. The van der Waals surface area contributed by atoms with Gasteiger partial charge in [-0.2, -0.15) is 0 Å². The molecule has 7 rings (SSSR count). The minimum absolute atomic E-state index is 0.192. The molecule has 4 N–H and O–H groups in total. The summed E-state index contributed by atoms with van der Waals surface area (Å²) in [5.41, 5.74) is 7.06. The van der Waals surface area contributed by atoms with Gasteiger partial charge in [-0.15, -0.1) is 0 Å². The average molecular weight is 815 g/mol. The van der Waals surface area contributed by atoms with Gasteiger partial charge >= 0.3 is 12.2 Å². The maximum atomic E-state index is 14.0. The number of H-pyrrole nitrogens is 2. The molecule has 312 valence electrons. The molecule has 0 spiro atoms. The van der Waals surface area contributed by atoms with Gasteiger partial charge in [0, 0.05) is 24.0 Å². The average Bonchev–Trinajstić information content (AvgIpc) is 3.93. The molecule has 2 atom stereocenters. The highest BCUT2D eigenvalue weighted by atomic mass is 16.5. The van der Waals surface area contributed by atoms with E-state index < -0.39 is 24.3 Å². The number of amides is 4. The molecule has 0 radical (unpaired) electrons. The standard InChI is InChI=1S/C45H50N8O7/c1-6-18-52(42(54)34(8-3)49-44(56)58-4)24-38-46-23-36(48-38)29-14-16-31-30(20-29)26-60-37-22-32-28(21-33(31)37)15-17-35-41(32)50-39(47-35)25-53(19-7-2)43(55)40(51-45(57)59-5)27-12-10-9-11-13-27/h9-17,20-23,34,40H,6-8,18-19,24-26H2,1-5H3,(H,46,48)(H,47,50)(H,49,56)(H,51,57)/t34-,40+/m0/s1. The summed E-state index contributed by atoms with van der Waals surface area (Å²) in [4.78, 5) is 71.3. The largest absolute Gasteiger partial charge is 0.488 e. The maximum absolute atomic E-state index is 14.0. The molecule has 15 nitrogen and oxygen atoms in total. The molecule has 0 unspecified atom stereocenters. The van der Waals surface area contributed by atoms with E-state index in [-0.39, 0.29) is 24.9 Å². The number of ether oxygens (including phenoxy) is 3. The number of alkyl carbamates (subject to hydrolysis) is 2. The Morgan fingerprint density at radius 3 is 2.23 bits per heavy atom. The lowest BCUT2D eigenvalue weighted by Gasteiger charge is -2.27. The van der Waals surface area contributed by atoms with Crippen molar-refractivity contribution >= 4 is 45.8 Å². The number of benzene rings is 4. The van der Waals surface area contributed by atoms with Crippen molar-refractivity contribution in [1.82, 2.24) is 40.4 Å². The van der Waals surface area contributed by atoms with Gasteiger partial charge in [-0.1, -0.05) is 69.3 Å². The first-order valence-electron chi connectivity index (χ1n) is 20.2. The fraction of sp³-hybridized carbons (Fsp3) is 0.333. The van der Waals surface area contributed by atoms with Crippen molar-refractivity contribution in [2.75, 3.05) is 27.3 Å². The number of nitrogens with one attached hydrogen (secondary N) is 4. The zero-order valence-corrected chi connectivity index (χ0v) is 34.5. The molecule has 4 aromatic carbocycles. The third-order valence-electron chi connectivity index (χ3n) is 10.6. The molecule has 15 heteroatoms. The summed E-state index contributed by atoms with van der Waals surface area (Å²) in [6, 6.07) is 21.9. The van der Waals surface area contributed by atoms with Gasteiger partial charge < -0.3 is 44.6 Å². The third-order valence-corrected chi connectivity index (χ3v) is 10.6. The Labute approximate surface area is 347 Å². The molecule has 0 fully saturated rings. The summed E-state index contributed by atoms with van der Waals surface area (Å²) < 4.78 is 15.9. The van der Waals surface area contributed by atoms with Crippen LogP contribution in [0.2, 0.25) is 0 Å². The molecular weight excluding hydrogens is 765 g/mol. The molecule has 0 saturated heterocycles. The van der Waals surface area contributed by atoms with Crippen molar-refractivity contribution in [3.8, 4) is 28.1 Å². The second-order valence-electron chi connectivity index (χ2n) is 14.7. The molecule has 0 bridgehead atoms. The van der Waals surface area contributed by atoms with E-state index in [0.29, 0.717) is 49.8 Å². The number of rotatable bonds is 15. The number of fused-ring (bicyclic) bond motifs is 6. The highest BCUT2D eigenvalue weighted by molar-refractivity contribution is 6.07. The second kappa shape index (κ2) is 18.4. The molecule has 0 saturated carbocycles. The monoisotopic (exact) mass is 814 g/mol. The van der Waals surface area contributed by atoms with Crippen LogP contribution in [0.3, 0.4) is 0 Å². The maximum Gasteiger partial charge on any atom is 0.407 e. The first kappa shape index (κ1) is 41.3. The van der Waals surface area contributed by atoms with Crippen molar-refractivity contribution in [3.63, 3.8) is 0 Å². The predicted octanol–water partition coefficient (Wildman–Crippen LogP) is 7.37. The smallest absolute Gasteiger partial charge is 0.407 e. The van der Waals surface area contributed by atoms with Crippen LogP contribution in [0.25, 0.3) is 44.2 Å². The Morgan fingerprint density at radius 1 is 0.800 bits per heavy atom. The fourth-order valence-electron chi connectivity index (χ4n) is 7.66. The van der Waals surface area contributed by atoms with Crippen LogP contribution in [0.1, 0.15) is 68.9 Å². The Bertz CT molecular complexity index is 2520. The summed E-state index contributed by atoms with van der Waals surface area (Å²) in [5.74, 6) is 1.54. The first-order chi connectivity index (χ1) is 29.1. The number of aromatic amines is 2. The lowest BCUT2D eigenvalue weighted by atomic mass is 9.92. The molecule has 3 heterocycles. The normalized spacial score (nSPS) is 12.8. The van der Waals surface area contributed by atoms with Crippen molar-refractivity contribution < 1.29 is 33.4 Å². The molecular formula is C45H50N8O7. The Hall–Kier alpha value is -6.90. The van der Waals surface area contributed by atoms with E-state index in [2.05, 4.69) is 49.9 Å². The number of aromatic nitrogens is 4. The van der Waals surface area contributed by atoms with E-state index in [1.807, 2.05) is 57.2 Å². The fourth-order valence-corrected chi connectivity index (χ4v) is 7.66. The van der Waals surface area contributed by atoms with E-state index in [1.165, 1.54) is 14.2 Å². The van der Waals surface area contributed by atoms with Gasteiger partial charge in [0.1, 0.15) is 36.1 Å². The molecule has 6 aromatic rings. The van der Waals surface area contributed by atoms with Crippen molar-refractivity contribution in [3.05, 3.63) is 102 Å². The number of imidazole rings is 2. The summed E-state index contributed by atoms with van der Waals surface area (Å²) in [7, 11) is 2.55. The van der Waals surface area contributed by atoms with E-state index >= 15 is 0 Å². The molecule has 0 aliphatic carbocycles. The third kappa shape index (κ3) is 8.75. The summed E-state index contributed by atoms with van der Waals surface area (Å²) >= 11 is 0. The second-order valence-corrected chi connectivity index (χ2v) is 14.7. The van der Waals surface area contributed by atoms with Crippen molar-refractivity contribution in [1.29, 1.82) is 0 Å². The van der Waals surface area contributed by atoms with Crippen LogP contribution in [0.5, 0.6) is 5.75 Å². The highest BCUT2D eigenvalue weighted by Crippen LogP contribution is 2.42. The summed E-state index contributed by atoms with van der Waals surface area (Å²) in [6.07, 6.45) is 2.32. The Kier molecular flexibility index (Phi) is 12.6. The number of carbonyl (C=O) groups excluding carboxylic acids is 4. The molecule has 2 aromatic heterocycles. The van der Waals surface area contributed by atoms with Crippen LogP contribution in [-0.2, 0) is 38.8 Å². The first-order valence-corrected chi connectivity index (χ1v) is 20.2. The zero-order chi connectivity index (χ0) is 42.3. The summed E-state index contributed by atoms with van der Waals surface area (Å²) in [6.45, 7) is 7.66. The number of hydrogen-bond donors (Lipinski definition) is 4. The van der Waals surface area contributed by atoms with Crippen LogP contribution in [-0.4, -0.2) is 87.1 Å². The van der Waals surface area contributed by atoms with Gasteiger partial charge in [0.15, 0.2) is 0 Å². The lowest BCUT2D eigenvalue weighted by Crippen LogP contribution is -2.48. The topological polar surface area (TPSA) is 184 Å². The summed E-state index contributed by atoms with van der Waals surface area (Å²) in [5, 5.41) is 7.24. The van der Waals surface area contributed by atoms with Gasteiger partial charge in [0.25, 0.3) is 0 Å². The minimum Gasteiger partial charge on any atom is -0.488 e. The van der Waals surface area contributed by atoms with Crippen LogP contribution in [0.15, 0.2) is 79.0 Å². The van der Waals surface area contributed by atoms with Gasteiger partial charge in [-0.05, 0) is 71.2 Å². The van der Waals surface area contributed by atoms with Crippen LogP contribution in [0.4, 0.5) is 9.59 Å². The SMILES string of the molecule is CCCN(Cc1ncc(-c2ccc3c(c2)COc2cc4c(ccc5[nH]c(CN(CCC)C(=O)[C@H](NC(=O)OC)c6ccccc6)nc54)cc2-3)[nH]1)C(=O)[C@H](CC)NC(=O)OC. The van der Waals surface area contributed by atoms with Crippen LogP contribution < -0.4 is 15.4 Å². The van der Waals surface area contributed by atoms with E-state index in [9.17, 15) is 19.2 Å². The highest BCUT2D eigenvalue weighted by Gasteiger charge is 2.29. The minimum atomic E-state index is -0.925. The Morgan fingerprint density at radius 2 is 1.52 bits per heavy atom. The van der Waals surface area contributed by atoms with Gasteiger partial charge in [0.05, 0.1) is 50.2 Å². The van der Waals surface area contributed by atoms with Crippen LogP contribution in [0, 0.1) is 0 Å². The number of carbonyl (C=O) groups is 4. The van der Waals surface area contributed by atoms with Crippen molar-refractivity contribution in [2.24, 2.45) is 0 Å². The quantitative estimate of drug-likeness (QED) is 0.0822. The van der Waals surface area contributed by atoms with E-state index in [1.54, 1.807) is 28.1 Å².